The quantitative estimate of drug-likeness (QED) is 0.930. The van der Waals surface area contributed by atoms with Gasteiger partial charge in [0.25, 0.3) is 5.91 Å². The summed E-state index contributed by atoms with van der Waals surface area (Å²) in [4.78, 5) is 18.3. The van der Waals surface area contributed by atoms with E-state index in [1.165, 1.54) is 11.3 Å². The van der Waals surface area contributed by atoms with Crippen LogP contribution in [0.4, 0.5) is 0 Å². The van der Waals surface area contributed by atoms with Crippen LogP contribution in [-0.2, 0) is 0 Å². The normalized spacial score (nSPS) is 17.7. The fourth-order valence-corrected chi connectivity index (χ4v) is 3.27. The maximum Gasteiger partial charge on any atom is 0.273 e. The van der Waals surface area contributed by atoms with E-state index in [1.807, 2.05) is 6.07 Å². The number of carbonyl (C=O) groups excluding carboxylic acids is 1. The number of hydrogen-bond acceptors (Lipinski definition) is 4. The highest BCUT2D eigenvalue weighted by molar-refractivity contribution is 7.13. The van der Waals surface area contributed by atoms with E-state index in [-0.39, 0.29) is 18.6 Å². The van der Waals surface area contributed by atoms with Gasteiger partial charge in [-0.15, -0.1) is 11.3 Å². The van der Waals surface area contributed by atoms with Crippen LogP contribution in [0.3, 0.4) is 0 Å². The van der Waals surface area contributed by atoms with Crippen molar-refractivity contribution in [3.8, 4) is 10.6 Å². The summed E-state index contributed by atoms with van der Waals surface area (Å²) in [7, 11) is 0. The largest absolute Gasteiger partial charge is 0.394 e. The molecule has 0 radical (unpaired) electrons. The monoisotopic (exact) mass is 342 g/mol. The standard InChI is InChI=1S/C14H12Cl2N2O2S/c15-10-2-1-8(5-11(10)16)13-17-12(7-21-13)14(20)18-4-3-9(18)6-19/h1-2,5,7,9,19H,3-4,6H2. The third-order valence-electron chi connectivity index (χ3n) is 3.51. The summed E-state index contributed by atoms with van der Waals surface area (Å²) in [6.45, 7) is 0.666. The molecule has 21 heavy (non-hydrogen) atoms. The molecule has 1 fully saturated rings. The van der Waals surface area contributed by atoms with Crippen LogP contribution in [-0.4, -0.2) is 40.1 Å². The summed E-state index contributed by atoms with van der Waals surface area (Å²) in [6.07, 6.45) is 0.839. The van der Waals surface area contributed by atoms with Crippen LogP contribution in [0.15, 0.2) is 23.6 Å². The lowest BCUT2D eigenvalue weighted by atomic mass is 10.0. The van der Waals surface area contributed by atoms with E-state index in [9.17, 15) is 4.79 Å². The minimum atomic E-state index is -0.136. The molecule has 1 atom stereocenters. The van der Waals surface area contributed by atoms with Crippen molar-refractivity contribution in [3.63, 3.8) is 0 Å². The third-order valence-corrected chi connectivity index (χ3v) is 5.14. The first-order chi connectivity index (χ1) is 10.1. The van der Waals surface area contributed by atoms with Gasteiger partial charge < -0.3 is 10.0 Å². The van der Waals surface area contributed by atoms with Crippen LogP contribution in [0, 0.1) is 0 Å². The van der Waals surface area contributed by atoms with Gasteiger partial charge in [0.05, 0.1) is 22.7 Å². The molecule has 0 spiro atoms. The van der Waals surface area contributed by atoms with Gasteiger partial charge in [-0.25, -0.2) is 4.98 Å². The van der Waals surface area contributed by atoms with E-state index in [0.29, 0.717) is 22.3 Å². The van der Waals surface area contributed by atoms with Crippen molar-refractivity contribution in [2.75, 3.05) is 13.2 Å². The van der Waals surface area contributed by atoms with Gasteiger partial charge in [0.2, 0.25) is 0 Å². The number of amides is 1. The zero-order chi connectivity index (χ0) is 15.0. The van der Waals surface area contributed by atoms with Crippen LogP contribution in [0.5, 0.6) is 0 Å². The summed E-state index contributed by atoms with van der Waals surface area (Å²) in [6, 6.07) is 5.19. The summed E-state index contributed by atoms with van der Waals surface area (Å²) in [5.74, 6) is -0.136. The number of halogens is 2. The van der Waals surface area contributed by atoms with E-state index < -0.39 is 0 Å². The lowest BCUT2D eigenvalue weighted by Crippen LogP contribution is -2.53. The van der Waals surface area contributed by atoms with E-state index in [1.54, 1.807) is 22.4 Å². The van der Waals surface area contributed by atoms with Crippen molar-refractivity contribution in [1.82, 2.24) is 9.88 Å². The van der Waals surface area contributed by atoms with E-state index in [0.717, 1.165) is 17.0 Å². The second-order valence-electron chi connectivity index (χ2n) is 4.79. The number of aromatic nitrogens is 1. The van der Waals surface area contributed by atoms with E-state index in [4.69, 9.17) is 28.3 Å². The van der Waals surface area contributed by atoms with Gasteiger partial charge in [-0.3, -0.25) is 4.79 Å². The Hall–Kier alpha value is -1.14. The Morgan fingerprint density at radius 1 is 1.43 bits per heavy atom. The minimum absolute atomic E-state index is 0.00444. The molecule has 0 aliphatic carbocycles. The highest BCUT2D eigenvalue weighted by atomic mass is 35.5. The molecule has 1 unspecified atom stereocenters. The topological polar surface area (TPSA) is 53.4 Å². The third kappa shape index (κ3) is 2.79. The first-order valence-electron chi connectivity index (χ1n) is 6.43. The van der Waals surface area contributed by atoms with Gasteiger partial charge in [0.1, 0.15) is 10.7 Å². The van der Waals surface area contributed by atoms with Crippen LogP contribution >= 0.6 is 34.5 Å². The average molecular weight is 343 g/mol. The number of aliphatic hydroxyl groups is 1. The Morgan fingerprint density at radius 3 is 2.86 bits per heavy atom. The smallest absolute Gasteiger partial charge is 0.273 e. The molecule has 2 heterocycles. The highest BCUT2D eigenvalue weighted by Gasteiger charge is 2.33. The fraction of sp³-hybridized carbons (Fsp3) is 0.286. The van der Waals surface area contributed by atoms with Crippen LogP contribution < -0.4 is 0 Å². The number of hydrogen-bond donors (Lipinski definition) is 1. The van der Waals surface area contributed by atoms with Gasteiger partial charge in [-0.2, -0.15) is 0 Å². The number of carbonyl (C=O) groups is 1. The molecular weight excluding hydrogens is 331 g/mol. The SMILES string of the molecule is O=C(c1csc(-c2ccc(Cl)c(Cl)c2)n1)N1CCC1CO. The molecule has 1 aliphatic rings. The number of likely N-dealkylation sites (tertiary alicyclic amines) is 1. The molecule has 1 saturated heterocycles. The fourth-order valence-electron chi connectivity index (χ4n) is 2.18. The molecule has 0 bridgehead atoms. The summed E-state index contributed by atoms with van der Waals surface area (Å²) in [5.41, 5.74) is 1.23. The molecule has 2 aromatic rings. The lowest BCUT2D eigenvalue weighted by Gasteiger charge is -2.39. The lowest BCUT2D eigenvalue weighted by molar-refractivity contribution is 0.0291. The second kappa shape index (κ2) is 5.93. The molecule has 0 saturated carbocycles. The summed E-state index contributed by atoms with van der Waals surface area (Å²) in [5, 5.41) is 12.5. The van der Waals surface area contributed by atoms with Crippen molar-refractivity contribution in [1.29, 1.82) is 0 Å². The van der Waals surface area contributed by atoms with Gasteiger partial charge >= 0.3 is 0 Å². The number of rotatable bonds is 3. The Labute approximate surface area is 135 Å². The van der Waals surface area contributed by atoms with Crippen LogP contribution in [0.25, 0.3) is 10.6 Å². The Kier molecular flexibility index (Phi) is 4.17. The molecule has 1 N–H and O–H groups in total. The van der Waals surface area contributed by atoms with Gasteiger partial charge in [0.15, 0.2) is 0 Å². The molecule has 3 rings (SSSR count). The highest BCUT2D eigenvalue weighted by Crippen LogP contribution is 2.31. The van der Waals surface area contributed by atoms with Crippen molar-refractivity contribution in [2.45, 2.75) is 12.5 Å². The predicted octanol–water partition coefficient (Wildman–Crippen LogP) is 3.32. The molecule has 4 nitrogen and oxygen atoms in total. The van der Waals surface area contributed by atoms with Gasteiger partial charge in [0, 0.05) is 17.5 Å². The van der Waals surface area contributed by atoms with E-state index in [2.05, 4.69) is 4.98 Å². The van der Waals surface area contributed by atoms with Gasteiger partial charge in [-0.1, -0.05) is 29.3 Å². The Balaban J connectivity index is 1.83. The van der Waals surface area contributed by atoms with Gasteiger partial charge in [-0.05, 0) is 18.6 Å². The predicted molar refractivity (Wildman–Crippen MR) is 84.1 cm³/mol. The first-order valence-corrected chi connectivity index (χ1v) is 8.06. The Morgan fingerprint density at radius 2 is 2.24 bits per heavy atom. The number of thiazole rings is 1. The molecule has 1 aromatic carbocycles. The molecule has 1 amide bonds. The molecule has 1 aliphatic heterocycles. The van der Waals surface area contributed by atoms with Crippen molar-refractivity contribution in [3.05, 3.63) is 39.3 Å². The van der Waals surface area contributed by atoms with Crippen molar-refractivity contribution < 1.29 is 9.90 Å². The van der Waals surface area contributed by atoms with Crippen molar-refractivity contribution >= 4 is 40.4 Å². The first kappa shape index (κ1) is 14.8. The number of aliphatic hydroxyl groups excluding tert-OH is 1. The molecule has 110 valence electrons. The second-order valence-corrected chi connectivity index (χ2v) is 6.46. The summed E-state index contributed by atoms with van der Waals surface area (Å²) < 4.78 is 0. The number of nitrogens with zero attached hydrogens (tertiary/aromatic N) is 2. The van der Waals surface area contributed by atoms with Crippen LogP contribution in [0.2, 0.25) is 10.0 Å². The zero-order valence-corrected chi connectivity index (χ0v) is 13.3. The maximum absolute atomic E-state index is 12.3. The summed E-state index contributed by atoms with van der Waals surface area (Å²) >= 11 is 13.3. The van der Waals surface area contributed by atoms with E-state index >= 15 is 0 Å². The zero-order valence-electron chi connectivity index (χ0n) is 10.9. The Bertz CT molecular complexity index is 687. The minimum Gasteiger partial charge on any atom is -0.394 e. The van der Waals surface area contributed by atoms with Crippen molar-refractivity contribution in [2.24, 2.45) is 0 Å². The molecule has 1 aromatic heterocycles. The maximum atomic E-state index is 12.3. The molecular formula is C14H12Cl2N2O2S. The van der Waals surface area contributed by atoms with Crippen LogP contribution in [0.1, 0.15) is 16.9 Å². The average Bonchev–Trinajstić information content (AvgIpc) is 2.91. The number of benzene rings is 1. The molecule has 7 heteroatoms.